The molecular formula is C33H29ClFN3O7. The molecule has 232 valence electrons. The van der Waals surface area contributed by atoms with Crippen molar-refractivity contribution in [3.05, 3.63) is 101 Å². The van der Waals surface area contributed by atoms with Gasteiger partial charge in [0, 0.05) is 37.7 Å². The highest BCUT2D eigenvalue weighted by atomic mass is 35.5. The lowest BCUT2D eigenvalue weighted by Gasteiger charge is -2.38. The summed E-state index contributed by atoms with van der Waals surface area (Å²) in [6.07, 6.45) is -0.236. The Bertz CT molecular complexity index is 1760. The van der Waals surface area contributed by atoms with Crippen molar-refractivity contribution >= 4 is 29.3 Å². The Morgan fingerprint density at radius 2 is 1.87 bits per heavy atom. The van der Waals surface area contributed by atoms with Crippen LogP contribution < -0.4 is 24.8 Å². The molecule has 7 rings (SSSR count). The molecule has 3 aliphatic rings. The highest BCUT2D eigenvalue weighted by Gasteiger charge is 2.36. The molecule has 0 saturated carbocycles. The Morgan fingerprint density at radius 1 is 1.02 bits per heavy atom. The van der Waals surface area contributed by atoms with Crippen molar-refractivity contribution in [3.8, 4) is 28.4 Å². The van der Waals surface area contributed by atoms with E-state index in [2.05, 4.69) is 10.6 Å². The van der Waals surface area contributed by atoms with Crippen LogP contribution in [-0.4, -0.2) is 61.6 Å². The van der Waals surface area contributed by atoms with Gasteiger partial charge in [-0.2, -0.15) is 0 Å². The van der Waals surface area contributed by atoms with Crippen LogP contribution >= 0.6 is 11.6 Å². The molecule has 1 aromatic heterocycles. The van der Waals surface area contributed by atoms with Crippen LogP contribution in [0.2, 0.25) is 5.22 Å². The van der Waals surface area contributed by atoms with Crippen molar-refractivity contribution in [1.82, 2.24) is 15.5 Å². The maximum absolute atomic E-state index is 15.1. The van der Waals surface area contributed by atoms with Crippen LogP contribution in [0.5, 0.6) is 17.2 Å². The van der Waals surface area contributed by atoms with Gasteiger partial charge in [0.1, 0.15) is 29.2 Å². The number of nitrogens with one attached hydrogen (secondary N) is 2. The van der Waals surface area contributed by atoms with E-state index in [0.717, 1.165) is 0 Å². The van der Waals surface area contributed by atoms with Crippen molar-refractivity contribution in [2.45, 2.75) is 25.1 Å². The summed E-state index contributed by atoms with van der Waals surface area (Å²) in [6.45, 7) is 0.340. The lowest BCUT2D eigenvalue weighted by Crippen LogP contribution is -2.58. The van der Waals surface area contributed by atoms with E-state index in [-0.39, 0.29) is 42.1 Å². The molecule has 45 heavy (non-hydrogen) atoms. The summed E-state index contributed by atoms with van der Waals surface area (Å²) in [6, 6.07) is 18.6. The summed E-state index contributed by atoms with van der Waals surface area (Å²) in [5, 5.41) is 5.81. The molecule has 0 unspecified atom stereocenters. The molecule has 3 amide bonds. The monoisotopic (exact) mass is 633 g/mol. The van der Waals surface area contributed by atoms with Crippen molar-refractivity contribution in [3.63, 3.8) is 0 Å². The smallest absolute Gasteiger partial charge is 0.289 e. The van der Waals surface area contributed by atoms with E-state index in [1.807, 2.05) is 0 Å². The van der Waals surface area contributed by atoms with Crippen LogP contribution in [0.1, 0.15) is 32.9 Å². The van der Waals surface area contributed by atoms with E-state index in [4.69, 9.17) is 30.2 Å². The largest absolute Gasteiger partial charge is 0.496 e. The number of likely N-dealkylation sites (tertiary alicyclic amines) is 1. The van der Waals surface area contributed by atoms with Crippen LogP contribution in [-0.2, 0) is 11.3 Å². The van der Waals surface area contributed by atoms with Gasteiger partial charge in [0.25, 0.3) is 17.7 Å². The fraction of sp³-hybridized carbons (Fsp3) is 0.242. The summed E-state index contributed by atoms with van der Waals surface area (Å²) >= 11 is 5.89. The number of hydrogen-bond donors (Lipinski definition) is 2. The zero-order valence-corrected chi connectivity index (χ0v) is 24.9. The Hall–Kier alpha value is -5.03. The molecule has 3 aromatic carbocycles. The topological polar surface area (TPSA) is 119 Å². The normalized spacial score (nSPS) is 18.5. The minimum Gasteiger partial charge on any atom is -0.496 e. The molecule has 0 spiro atoms. The predicted octanol–water partition coefficient (Wildman–Crippen LogP) is 4.85. The lowest BCUT2D eigenvalue weighted by molar-refractivity contribution is -0.123. The first-order valence-corrected chi connectivity index (χ1v) is 14.6. The Labute approximate surface area is 263 Å². The zero-order chi connectivity index (χ0) is 31.5. The molecule has 3 aliphatic heterocycles. The number of methoxy groups -OCH3 is 1. The highest BCUT2D eigenvalue weighted by Crippen LogP contribution is 2.29. The zero-order valence-electron chi connectivity index (χ0n) is 24.2. The Morgan fingerprint density at radius 3 is 2.67 bits per heavy atom. The molecule has 0 radical (unpaired) electrons. The van der Waals surface area contributed by atoms with Crippen molar-refractivity contribution in [2.24, 2.45) is 0 Å². The van der Waals surface area contributed by atoms with Crippen LogP contribution in [0.3, 0.4) is 0 Å². The fourth-order valence-electron chi connectivity index (χ4n) is 5.38. The summed E-state index contributed by atoms with van der Waals surface area (Å²) in [4.78, 5) is 40.9. The van der Waals surface area contributed by atoms with Gasteiger partial charge >= 0.3 is 0 Å². The second-order valence-electron chi connectivity index (χ2n) is 10.6. The van der Waals surface area contributed by atoms with E-state index < -0.39 is 29.8 Å². The minimum atomic E-state index is -0.726. The van der Waals surface area contributed by atoms with Crippen LogP contribution in [0.25, 0.3) is 11.1 Å². The van der Waals surface area contributed by atoms with Crippen LogP contribution in [0, 0.1) is 5.82 Å². The van der Waals surface area contributed by atoms with Crippen LogP contribution in [0.15, 0.2) is 77.2 Å². The highest BCUT2D eigenvalue weighted by molar-refractivity contribution is 6.29. The SMILES string of the molecule is COc1cc2ccc1CNC(=O)COc1cccc(c1)-c1ccc(F)c(c1)C(=O)N[C@@H]1CN(C(=O)c3ccc(Cl)o3)CC[C@@H]1O2. The van der Waals surface area contributed by atoms with Gasteiger partial charge in [0.15, 0.2) is 17.6 Å². The number of carbonyl (C=O) groups is 3. The molecule has 12 heteroatoms. The molecule has 0 aliphatic carbocycles. The molecular weight excluding hydrogens is 605 g/mol. The van der Waals surface area contributed by atoms with E-state index in [0.29, 0.717) is 46.9 Å². The van der Waals surface area contributed by atoms with Crippen molar-refractivity contribution in [1.29, 1.82) is 0 Å². The van der Waals surface area contributed by atoms with Gasteiger partial charge in [-0.05, 0) is 71.3 Å². The number of rotatable bonds is 2. The number of halogens is 2. The van der Waals surface area contributed by atoms with E-state index in [1.54, 1.807) is 48.5 Å². The number of fused-ring (bicyclic) bond motifs is 7. The molecule has 4 heterocycles. The Balaban J connectivity index is 1.36. The van der Waals surface area contributed by atoms with Gasteiger partial charge in [0.2, 0.25) is 0 Å². The van der Waals surface area contributed by atoms with Gasteiger partial charge in [-0.3, -0.25) is 14.4 Å². The second kappa shape index (κ2) is 12.9. The number of carbonyl (C=O) groups excluding carboxylic acids is 3. The number of hydrogen-bond acceptors (Lipinski definition) is 7. The maximum Gasteiger partial charge on any atom is 0.289 e. The maximum atomic E-state index is 15.1. The predicted molar refractivity (Wildman–Crippen MR) is 162 cm³/mol. The standard InChI is InChI=1S/C33H29ClFN3O7/c1-42-29-15-23-7-5-21(29)16-36-31(39)18-43-22-4-2-3-19(13-22)20-6-8-25(35)24(14-20)32(40)37-26-17-38(12-11-27(26)44-23)33(41)28-9-10-30(34)45-28/h2-10,13-15,26-27H,11-12,16-18H2,1H3,(H,36,39)(H,37,40)/t26-,27+/m1/s1. The first kappa shape index (κ1) is 30.0. The molecule has 1 fully saturated rings. The average Bonchev–Trinajstić information content (AvgIpc) is 3.49. The third-order valence-corrected chi connectivity index (χ3v) is 7.91. The van der Waals surface area contributed by atoms with Gasteiger partial charge in [-0.25, -0.2) is 4.39 Å². The number of piperidine rings is 1. The molecule has 2 atom stereocenters. The van der Waals surface area contributed by atoms with E-state index >= 15 is 4.39 Å². The summed E-state index contributed by atoms with van der Waals surface area (Å²) in [5.41, 5.74) is 1.76. The number of nitrogens with zero attached hydrogens (tertiary/aromatic N) is 1. The third kappa shape index (κ3) is 6.73. The quantitative estimate of drug-likeness (QED) is 0.324. The number of benzene rings is 3. The van der Waals surface area contributed by atoms with E-state index in [9.17, 15) is 14.4 Å². The fourth-order valence-corrected chi connectivity index (χ4v) is 5.53. The second-order valence-corrected chi connectivity index (χ2v) is 11.0. The van der Waals surface area contributed by atoms with E-state index in [1.165, 1.54) is 36.3 Å². The van der Waals surface area contributed by atoms with Crippen LogP contribution in [0.4, 0.5) is 4.39 Å². The number of furan rings is 1. The van der Waals surface area contributed by atoms with Gasteiger partial charge in [-0.1, -0.05) is 18.2 Å². The third-order valence-electron chi connectivity index (χ3n) is 7.71. The molecule has 4 aromatic rings. The minimum absolute atomic E-state index is 0.0648. The van der Waals surface area contributed by atoms with Gasteiger partial charge in [0.05, 0.1) is 18.7 Å². The van der Waals surface area contributed by atoms with Gasteiger partial charge in [-0.15, -0.1) is 0 Å². The molecule has 6 bridgehead atoms. The summed E-state index contributed by atoms with van der Waals surface area (Å²) in [5.74, 6) is -0.688. The number of ether oxygens (including phenoxy) is 3. The molecule has 1 saturated heterocycles. The average molecular weight is 634 g/mol. The van der Waals surface area contributed by atoms with Crippen molar-refractivity contribution < 1.29 is 37.4 Å². The summed E-state index contributed by atoms with van der Waals surface area (Å²) < 4.78 is 38.0. The molecule has 10 nitrogen and oxygen atoms in total. The summed E-state index contributed by atoms with van der Waals surface area (Å²) in [7, 11) is 1.51. The molecule has 2 N–H and O–H groups in total. The first-order chi connectivity index (χ1) is 21.8. The Kier molecular flexibility index (Phi) is 8.61. The number of amides is 3. The first-order valence-electron chi connectivity index (χ1n) is 14.3. The van der Waals surface area contributed by atoms with Crippen molar-refractivity contribution in [2.75, 3.05) is 26.8 Å². The lowest BCUT2D eigenvalue weighted by atomic mass is 9.99. The van der Waals surface area contributed by atoms with Gasteiger partial charge < -0.3 is 34.2 Å².